The normalized spacial score (nSPS) is 23.1. The molecular weight excluding hydrogens is 345 g/mol. The third kappa shape index (κ3) is 2.77. The fourth-order valence-electron chi connectivity index (χ4n) is 2.59. The van der Waals surface area contributed by atoms with E-state index in [0.29, 0.717) is 15.5 Å². The molecule has 3 amide bonds. The van der Waals surface area contributed by atoms with Crippen LogP contribution in [0.25, 0.3) is 0 Å². The first-order valence-electron chi connectivity index (χ1n) is 5.87. The van der Waals surface area contributed by atoms with Crippen molar-refractivity contribution in [3.8, 4) is 0 Å². The van der Waals surface area contributed by atoms with E-state index >= 15 is 0 Å². The van der Waals surface area contributed by atoms with Crippen molar-refractivity contribution in [3.05, 3.63) is 21.9 Å². The van der Waals surface area contributed by atoms with Crippen LogP contribution in [0.15, 0.2) is 11.4 Å². The molecular formula is C10H10N3NaO6S2. The Morgan fingerprint density at radius 3 is 2.82 bits per heavy atom. The molecule has 9 nitrogen and oxygen atoms in total. The van der Waals surface area contributed by atoms with Crippen LogP contribution in [0.5, 0.6) is 0 Å². The summed E-state index contributed by atoms with van der Waals surface area (Å²) in [7, 11) is -3.63. The molecule has 0 saturated carbocycles. The van der Waals surface area contributed by atoms with Crippen LogP contribution in [0.3, 0.4) is 0 Å². The van der Waals surface area contributed by atoms with Gasteiger partial charge in [0.25, 0.3) is 0 Å². The molecule has 1 N–H and O–H groups in total. The molecule has 1 aromatic heterocycles. The number of urea groups is 1. The number of rotatable bonds is 3. The summed E-state index contributed by atoms with van der Waals surface area (Å²) in [6.45, 7) is 0.0795. The smallest absolute Gasteiger partial charge is 0.724 e. The summed E-state index contributed by atoms with van der Waals surface area (Å²) >= 11 is 1.28. The van der Waals surface area contributed by atoms with E-state index in [0.717, 1.165) is 0 Å². The summed E-state index contributed by atoms with van der Waals surface area (Å²) in [5, 5.41) is 4.72. The Labute approximate surface area is 152 Å². The maximum Gasteiger partial charge on any atom is 1.00 e. The van der Waals surface area contributed by atoms with Gasteiger partial charge in [-0.1, -0.05) is 0 Å². The number of amides is 3. The Hall–Kier alpha value is -0.690. The van der Waals surface area contributed by atoms with Crippen molar-refractivity contribution in [2.45, 2.75) is 12.1 Å². The second-order valence-corrected chi connectivity index (χ2v) is 6.43. The minimum atomic E-state index is -5.08. The minimum Gasteiger partial charge on any atom is -0.724 e. The minimum absolute atomic E-state index is 0. The zero-order chi connectivity index (χ0) is 15.4. The van der Waals surface area contributed by atoms with Crippen LogP contribution in [-0.4, -0.2) is 48.5 Å². The molecule has 0 radical (unpaired) electrons. The SMILES string of the molecule is CNC(=O)[C@@H]1c2sccc2[C@H]2CN1C(=O)N2OS(=O)(=O)[O-].[Na+]. The second-order valence-electron chi connectivity index (χ2n) is 4.52. The summed E-state index contributed by atoms with van der Waals surface area (Å²) in [4.78, 5) is 26.0. The fourth-order valence-corrected chi connectivity index (χ4v) is 4.02. The van der Waals surface area contributed by atoms with E-state index in [1.54, 1.807) is 11.4 Å². The average Bonchev–Trinajstić information content (AvgIpc) is 2.97. The number of hydrogen-bond donors (Lipinski definition) is 1. The van der Waals surface area contributed by atoms with Crippen molar-refractivity contribution in [2.75, 3.05) is 13.6 Å². The molecule has 1 aromatic rings. The van der Waals surface area contributed by atoms with E-state index in [2.05, 4.69) is 9.60 Å². The van der Waals surface area contributed by atoms with Crippen LogP contribution >= 0.6 is 11.3 Å². The van der Waals surface area contributed by atoms with Crippen molar-refractivity contribution in [1.82, 2.24) is 15.3 Å². The van der Waals surface area contributed by atoms with Gasteiger partial charge in [0, 0.05) is 11.9 Å². The molecule has 114 valence electrons. The van der Waals surface area contributed by atoms with Gasteiger partial charge in [-0.15, -0.1) is 11.3 Å². The van der Waals surface area contributed by atoms with Gasteiger partial charge in [0.15, 0.2) is 0 Å². The Morgan fingerprint density at radius 1 is 1.55 bits per heavy atom. The van der Waals surface area contributed by atoms with Crippen LogP contribution in [0.2, 0.25) is 0 Å². The first-order chi connectivity index (χ1) is 9.83. The Bertz CT molecular complexity index is 720. The molecule has 0 aliphatic carbocycles. The molecule has 0 unspecified atom stereocenters. The Balaban J connectivity index is 0.00000176. The van der Waals surface area contributed by atoms with Crippen molar-refractivity contribution in [2.24, 2.45) is 0 Å². The van der Waals surface area contributed by atoms with Gasteiger partial charge in [-0.3, -0.25) is 4.79 Å². The number of thiophene rings is 1. The molecule has 3 heterocycles. The second kappa shape index (κ2) is 6.07. The van der Waals surface area contributed by atoms with Crippen LogP contribution in [0.4, 0.5) is 4.79 Å². The number of carbonyl (C=O) groups excluding carboxylic acids is 2. The number of fused-ring (bicyclic) bond motifs is 4. The number of nitrogens with zero attached hydrogens (tertiary/aromatic N) is 2. The van der Waals surface area contributed by atoms with Gasteiger partial charge in [0.05, 0.1) is 6.54 Å². The summed E-state index contributed by atoms with van der Waals surface area (Å²) in [5.41, 5.74) is 0.611. The molecule has 2 aliphatic rings. The van der Waals surface area contributed by atoms with Crippen LogP contribution in [-0.2, 0) is 19.5 Å². The standard InChI is InChI=1S/C10H11N3O6S2.Na/c1-11-9(14)7-8-5(2-3-20-8)6-4-12(7)10(15)13(6)19-21(16,17)18;/h2-3,6-7H,4H2,1H3,(H,11,14)(H,16,17,18);/q;+1/p-1/t6-,7+;/m1./s1. The quantitative estimate of drug-likeness (QED) is 0.345. The van der Waals surface area contributed by atoms with Gasteiger partial charge in [-0.05, 0) is 17.0 Å². The molecule has 22 heavy (non-hydrogen) atoms. The third-order valence-electron chi connectivity index (χ3n) is 3.40. The molecule has 0 aromatic carbocycles. The maximum absolute atomic E-state index is 12.2. The number of nitrogens with one attached hydrogen (secondary N) is 1. The monoisotopic (exact) mass is 355 g/mol. The number of likely N-dealkylation sites (N-methyl/N-ethyl adjacent to an activating group) is 1. The predicted octanol–water partition coefficient (Wildman–Crippen LogP) is -3.28. The van der Waals surface area contributed by atoms with Crippen molar-refractivity contribution < 1.29 is 56.4 Å². The maximum atomic E-state index is 12.2. The number of hydrogen-bond acceptors (Lipinski definition) is 7. The number of carbonyl (C=O) groups is 2. The molecule has 2 bridgehead atoms. The van der Waals surface area contributed by atoms with E-state index < -0.39 is 34.4 Å². The van der Waals surface area contributed by atoms with Crippen molar-refractivity contribution in [3.63, 3.8) is 0 Å². The van der Waals surface area contributed by atoms with Gasteiger partial charge < -0.3 is 14.8 Å². The Morgan fingerprint density at radius 2 is 2.23 bits per heavy atom. The summed E-state index contributed by atoms with van der Waals surface area (Å²) in [6, 6.07) is -0.707. The van der Waals surface area contributed by atoms with Gasteiger partial charge in [0.2, 0.25) is 16.3 Å². The predicted molar refractivity (Wildman–Crippen MR) is 68.6 cm³/mol. The van der Waals surface area contributed by atoms with E-state index in [1.165, 1.54) is 23.3 Å². The summed E-state index contributed by atoms with van der Waals surface area (Å²) in [6.07, 6.45) is 0. The first kappa shape index (κ1) is 17.7. The van der Waals surface area contributed by atoms with Gasteiger partial charge in [-0.2, -0.15) is 9.35 Å². The molecule has 0 spiro atoms. The third-order valence-corrected chi connectivity index (χ3v) is 4.73. The zero-order valence-electron chi connectivity index (χ0n) is 11.7. The molecule has 1 saturated heterocycles. The van der Waals surface area contributed by atoms with Crippen molar-refractivity contribution in [1.29, 1.82) is 0 Å². The van der Waals surface area contributed by atoms with E-state index in [9.17, 15) is 22.6 Å². The molecule has 2 aliphatic heterocycles. The fraction of sp³-hybridized carbons (Fsp3) is 0.400. The van der Waals surface area contributed by atoms with Gasteiger partial charge >= 0.3 is 35.6 Å². The van der Waals surface area contributed by atoms with Gasteiger partial charge in [0.1, 0.15) is 12.1 Å². The van der Waals surface area contributed by atoms with E-state index in [4.69, 9.17) is 0 Å². The van der Waals surface area contributed by atoms with E-state index in [1.807, 2.05) is 0 Å². The van der Waals surface area contributed by atoms with Crippen LogP contribution in [0.1, 0.15) is 22.5 Å². The average molecular weight is 355 g/mol. The summed E-state index contributed by atoms with van der Waals surface area (Å²) < 4.78 is 36.6. The first-order valence-corrected chi connectivity index (χ1v) is 8.09. The van der Waals surface area contributed by atoms with Crippen LogP contribution in [0, 0.1) is 0 Å². The van der Waals surface area contributed by atoms with Gasteiger partial charge in [-0.25, -0.2) is 13.2 Å². The Kier molecular flexibility index (Phi) is 4.88. The summed E-state index contributed by atoms with van der Waals surface area (Å²) in [5.74, 6) is -0.391. The van der Waals surface area contributed by atoms with E-state index in [-0.39, 0.29) is 36.1 Å². The molecule has 12 heteroatoms. The number of hydroxylamine groups is 2. The largest absolute Gasteiger partial charge is 1.00 e. The molecule has 2 atom stereocenters. The molecule has 1 fully saturated rings. The van der Waals surface area contributed by atoms with Crippen molar-refractivity contribution >= 4 is 33.7 Å². The molecule has 3 rings (SSSR count). The topological polar surface area (TPSA) is 119 Å². The van der Waals surface area contributed by atoms with Crippen LogP contribution < -0.4 is 34.9 Å². The zero-order valence-corrected chi connectivity index (χ0v) is 15.3.